The van der Waals surface area contributed by atoms with Crippen molar-refractivity contribution in [1.29, 1.82) is 0 Å². The normalized spacial score (nSPS) is 19.6. The summed E-state index contributed by atoms with van der Waals surface area (Å²) in [5, 5.41) is 3.48. The van der Waals surface area contributed by atoms with Crippen LogP contribution in [0.3, 0.4) is 0 Å². The van der Waals surface area contributed by atoms with Crippen molar-refractivity contribution in [3.05, 3.63) is 34.9 Å². The number of hydrogen-bond acceptors (Lipinski definition) is 3. The molecule has 0 saturated carbocycles. The Bertz CT molecular complexity index is 388. The summed E-state index contributed by atoms with van der Waals surface area (Å²) in [4.78, 5) is 4.97. The lowest BCUT2D eigenvalue weighted by atomic mass is 10.0. The summed E-state index contributed by atoms with van der Waals surface area (Å²) >= 11 is 0. The van der Waals surface area contributed by atoms with E-state index in [9.17, 15) is 0 Å². The minimum Gasteiger partial charge on any atom is -0.312 e. The molecule has 1 saturated heterocycles. The van der Waals surface area contributed by atoms with Crippen LogP contribution in [-0.2, 0) is 0 Å². The average molecular weight is 261 g/mol. The molecule has 3 heteroatoms. The molecule has 19 heavy (non-hydrogen) atoms. The minimum absolute atomic E-state index is 0.432. The van der Waals surface area contributed by atoms with Gasteiger partial charge in [0.15, 0.2) is 0 Å². The van der Waals surface area contributed by atoms with E-state index in [4.69, 9.17) is 0 Å². The van der Waals surface area contributed by atoms with Gasteiger partial charge in [-0.25, -0.2) is 0 Å². The maximum atomic E-state index is 3.48. The molecule has 0 aromatic heterocycles. The van der Waals surface area contributed by atoms with Gasteiger partial charge in [0.1, 0.15) is 0 Å². The molecule has 1 atom stereocenters. The van der Waals surface area contributed by atoms with E-state index in [0.717, 1.165) is 6.54 Å². The molecule has 1 N–H and O–H groups in total. The number of piperazine rings is 1. The summed E-state index contributed by atoms with van der Waals surface area (Å²) in [5.41, 5.74) is 4.13. The molecule has 0 spiro atoms. The fraction of sp³-hybridized carbons (Fsp3) is 0.625. The molecule has 106 valence electrons. The third-order valence-corrected chi connectivity index (χ3v) is 4.03. The standard InChI is InChI=1S/C16H27N3/c1-13-9-14(2)11-15(10-13)16(17-3)12-19-7-5-18(4)6-8-19/h9-11,16-17H,5-8,12H2,1-4H3. The first-order valence-corrected chi connectivity index (χ1v) is 7.25. The van der Waals surface area contributed by atoms with Gasteiger partial charge >= 0.3 is 0 Å². The Kier molecular flexibility index (Phi) is 4.97. The Hall–Kier alpha value is -0.900. The first-order chi connectivity index (χ1) is 9.08. The monoisotopic (exact) mass is 261 g/mol. The maximum absolute atomic E-state index is 3.48. The average Bonchev–Trinajstić information content (AvgIpc) is 2.37. The smallest absolute Gasteiger partial charge is 0.0447 e. The van der Waals surface area contributed by atoms with Crippen molar-refractivity contribution < 1.29 is 0 Å². The molecule has 0 amide bonds. The molecule has 1 aromatic carbocycles. The first-order valence-electron chi connectivity index (χ1n) is 7.25. The van der Waals surface area contributed by atoms with Crippen molar-refractivity contribution >= 4 is 0 Å². The Morgan fingerprint density at radius 2 is 1.63 bits per heavy atom. The highest BCUT2D eigenvalue weighted by Gasteiger charge is 2.18. The van der Waals surface area contributed by atoms with E-state index in [0.29, 0.717) is 6.04 Å². The van der Waals surface area contributed by atoms with Crippen LogP contribution in [0.2, 0.25) is 0 Å². The molecule has 1 aromatic rings. The van der Waals surface area contributed by atoms with Crippen LogP contribution in [0.15, 0.2) is 18.2 Å². The summed E-state index contributed by atoms with van der Waals surface area (Å²) in [7, 11) is 4.27. The molecule has 2 rings (SSSR count). The number of benzene rings is 1. The van der Waals surface area contributed by atoms with Crippen LogP contribution < -0.4 is 5.32 Å². The fourth-order valence-electron chi connectivity index (χ4n) is 2.86. The Labute approximate surface area is 117 Å². The Morgan fingerprint density at radius 3 is 2.16 bits per heavy atom. The van der Waals surface area contributed by atoms with E-state index < -0.39 is 0 Å². The number of hydrogen-bond donors (Lipinski definition) is 1. The van der Waals surface area contributed by atoms with Gasteiger partial charge in [-0.2, -0.15) is 0 Å². The SMILES string of the molecule is CNC(CN1CCN(C)CC1)c1cc(C)cc(C)c1. The predicted octanol–water partition coefficient (Wildman–Crippen LogP) is 1.81. The zero-order valence-corrected chi connectivity index (χ0v) is 12.7. The lowest BCUT2D eigenvalue weighted by Crippen LogP contribution is -2.47. The fourth-order valence-corrected chi connectivity index (χ4v) is 2.86. The van der Waals surface area contributed by atoms with Crippen LogP contribution >= 0.6 is 0 Å². The molecule has 1 aliphatic rings. The van der Waals surface area contributed by atoms with E-state index in [1.807, 2.05) is 0 Å². The molecular formula is C16H27N3. The molecule has 1 aliphatic heterocycles. The van der Waals surface area contributed by atoms with Crippen LogP contribution in [0.1, 0.15) is 22.7 Å². The van der Waals surface area contributed by atoms with E-state index in [2.05, 4.69) is 61.3 Å². The van der Waals surface area contributed by atoms with Crippen LogP contribution in [0.5, 0.6) is 0 Å². The van der Waals surface area contributed by atoms with Crippen molar-refractivity contribution in [3.8, 4) is 0 Å². The third-order valence-electron chi connectivity index (χ3n) is 4.03. The van der Waals surface area contributed by atoms with E-state index in [1.165, 1.54) is 42.9 Å². The molecule has 0 aliphatic carbocycles. The van der Waals surface area contributed by atoms with Crippen molar-refractivity contribution in [2.75, 3.05) is 46.8 Å². The van der Waals surface area contributed by atoms with Crippen molar-refractivity contribution in [3.63, 3.8) is 0 Å². The van der Waals surface area contributed by atoms with Crippen LogP contribution in [0, 0.1) is 13.8 Å². The second-order valence-corrected chi connectivity index (χ2v) is 5.87. The Morgan fingerprint density at radius 1 is 1.05 bits per heavy atom. The minimum atomic E-state index is 0.432. The predicted molar refractivity (Wildman–Crippen MR) is 81.7 cm³/mol. The van der Waals surface area contributed by atoms with Gasteiger partial charge in [-0.15, -0.1) is 0 Å². The molecule has 1 unspecified atom stereocenters. The Balaban J connectivity index is 2.03. The quantitative estimate of drug-likeness (QED) is 0.892. The highest BCUT2D eigenvalue weighted by Crippen LogP contribution is 2.18. The van der Waals surface area contributed by atoms with Gasteiger partial charge in [-0.3, -0.25) is 4.90 Å². The highest BCUT2D eigenvalue weighted by atomic mass is 15.3. The molecule has 3 nitrogen and oxygen atoms in total. The lowest BCUT2D eigenvalue weighted by molar-refractivity contribution is 0.143. The van der Waals surface area contributed by atoms with Crippen LogP contribution in [-0.4, -0.2) is 56.6 Å². The van der Waals surface area contributed by atoms with E-state index in [-0.39, 0.29) is 0 Å². The molecular weight excluding hydrogens is 234 g/mol. The second-order valence-electron chi connectivity index (χ2n) is 5.87. The van der Waals surface area contributed by atoms with Gasteiger partial charge in [0.2, 0.25) is 0 Å². The van der Waals surface area contributed by atoms with Gasteiger partial charge in [-0.05, 0) is 33.5 Å². The van der Waals surface area contributed by atoms with Gasteiger partial charge in [0, 0.05) is 38.8 Å². The number of nitrogens with zero attached hydrogens (tertiary/aromatic N) is 2. The topological polar surface area (TPSA) is 18.5 Å². The van der Waals surface area contributed by atoms with Gasteiger partial charge < -0.3 is 10.2 Å². The zero-order valence-electron chi connectivity index (χ0n) is 12.7. The third kappa shape index (κ3) is 4.03. The van der Waals surface area contributed by atoms with Crippen LogP contribution in [0.4, 0.5) is 0 Å². The van der Waals surface area contributed by atoms with Crippen LogP contribution in [0.25, 0.3) is 0 Å². The lowest BCUT2D eigenvalue weighted by Gasteiger charge is -2.34. The van der Waals surface area contributed by atoms with Gasteiger partial charge in [0.05, 0.1) is 0 Å². The summed E-state index contributed by atoms with van der Waals surface area (Å²) in [5.74, 6) is 0. The van der Waals surface area contributed by atoms with Crippen molar-refractivity contribution in [2.45, 2.75) is 19.9 Å². The number of aryl methyl sites for hydroxylation is 2. The van der Waals surface area contributed by atoms with Crippen molar-refractivity contribution in [2.24, 2.45) is 0 Å². The number of rotatable bonds is 4. The summed E-state index contributed by atoms with van der Waals surface area (Å²) < 4.78 is 0. The van der Waals surface area contributed by atoms with Gasteiger partial charge in [0.25, 0.3) is 0 Å². The summed E-state index contributed by atoms with van der Waals surface area (Å²) in [6.07, 6.45) is 0. The summed E-state index contributed by atoms with van der Waals surface area (Å²) in [6.45, 7) is 10.2. The van der Waals surface area contributed by atoms with E-state index >= 15 is 0 Å². The maximum Gasteiger partial charge on any atom is 0.0447 e. The van der Waals surface area contributed by atoms with E-state index in [1.54, 1.807) is 0 Å². The molecule has 1 heterocycles. The molecule has 0 bridgehead atoms. The number of likely N-dealkylation sites (N-methyl/N-ethyl adjacent to an activating group) is 2. The molecule has 1 fully saturated rings. The zero-order chi connectivity index (χ0) is 13.8. The van der Waals surface area contributed by atoms with Crippen molar-refractivity contribution in [1.82, 2.24) is 15.1 Å². The highest BCUT2D eigenvalue weighted by molar-refractivity contribution is 5.30. The van der Waals surface area contributed by atoms with Gasteiger partial charge in [-0.1, -0.05) is 29.3 Å². The molecule has 0 radical (unpaired) electrons. The second kappa shape index (κ2) is 6.51. The number of nitrogens with one attached hydrogen (secondary N) is 1. The first kappa shape index (κ1) is 14.5. The summed E-state index contributed by atoms with van der Waals surface area (Å²) in [6, 6.07) is 7.29. The largest absolute Gasteiger partial charge is 0.312 e.